The van der Waals surface area contributed by atoms with Gasteiger partial charge in [-0.05, 0) is 69.0 Å². The Bertz CT molecular complexity index is 608. The second kappa shape index (κ2) is 10.8. The number of likely N-dealkylation sites (tertiary alicyclic amines) is 1. The van der Waals surface area contributed by atoms with Crippen LogP contribution < -0.4 is 10.6 Å². The Labute approximate surface area is 170 Å². The molecule has 1 heterocycles. The molecule has 3 N–H and O–H groups in total. The molecule has 0 aromatic heterocycles. The van der Waals surface area contributed by atoms with Crippen LogP contribution in [0.2, 0.25) is 0 Å². The summed E-state index contributed by atoms with van der Waals surface area (Å²) >= 11 is 0. The minimum absolute atomic E-state index is 0.121. The summed E-state index contributed by atoms with van der Waals surface area (Å²) in [5.41, 5.74) is 2.64. The predicted octanol–water partition coefficient (Wildman–Crippen LogP) is 3.28. The number of hydrogen-bond donors (Lipinski definition) is 3. The third kappa shape index (κ3) is 6.78. The van der Waals surface area contributed by atoms with Gasteiger partial charge in [0, 0.05) is 25.7 Å². The molecule has 1 unspecified atom stereocenters. The van der Waals surface area contributed by atoms with Crippen molar-refractivity contribution in [3.8, 4) is 0 Å². The fourth-order valence-corrected chi connectivity index (χ4v) is 4.34. The van der Waals surface area contributed by atoms with Crippen LogP contribution in [0.3, 0.4) is 0 Å². The van der Waals surface area contributed by atoms with E-state index < -0.39 is 0 Å². The van der Waals surface area contributed by atoms with E-state index in [0.717, 1.165) is 50.7 Å². The van der Waals surface area contributed by atoms with Crippen LogP contribution in [-0.4, -0.2) is 47.7 Å². The predicted molar refractivity (Wildman–Crippen MR) is 116 cm³/mol. The number of aliphatic hydroxyl groups is 1. The van der Waals surface area contributed by atoms with E-state index in [1.807, 2.05) is 0 Å². The number of piperidine rings is 1. The number of hydrogen-bond acceptors (Lipinski definition) is 3. The van der Waals surface area contributed by atoms with E-state index in [0.29, 0.717) is 12.6 Å². The monoisotopic (exact) mass is 386 g/mol. The molecule has 1 saturated heterocycles. The lowest BCUT2D eigenvalue weighted by Gasteiger charge is -2.30. The minimum Gasteiger partial charge on any atom is -0.393 e. The fourth-order valence-electron chi connectivity index (χ4n) is 4.34. The van der Waals surface area contributed by atoms with E-state index >= 15 is 0 Å². The standard InChI is InChI=1S/C23H38N4O/c1-3-24-23(26-21-10-12-22(28)13-11-21)25-15-19-6-8-20(9-7-19)17-27-14-4-5-18(2)16-27/h6-9,18,21-22,28H,3-5,10-17H2,1-2H3,(H2,24,25,26). The highest BCUT2D eigenvalue weighted by Gasteiger charge is 2.20. The van der Waals surface area contributed by atoms with Crippen LogP contribution in [0.1, 0.15) is 63.5 Å². The van der Waals surface area contributed by atoms with Crippen LogP contribution >= 0.6 is 0 Å². The van der Waals surface area contributed by atoms with Crippen LogP contribution in [0.4, 0.5) is 0 Å². The molecule has 156 valence electrons. The summed E-state index contributed by atoms with van der Waals surface area (Å²) in [6, 6.07) is 9.36. The first-order valence-corrected chi connectivity index (χ1v) is 11.2. The fraction of sp³-hybridized carbons (Fsp3) is 0.696. The van der Waals surface area contributed by atoms with Crippen molar-refractivity contribution in [1.29, 1.82) is 0 Å². The van der Waals surface area contributed by atoms with Gasteiger partial charge in [0.05, 0.1) is 12.6 Å². The first-order chi connectivity index (χ1) is 13.6. The Hall–Kier alpha value is -1.59. The molecule has 5 heteroatoms. The van der Waals surface area contributed by atoms with Gasteiger partial charge in [0.2, 0.25) is 0 Å². The molecule has 1 aromatic carbocycles. The molecule has 2 fully saturated rings. The normalized spacial score (nSPS) is 26.8. The van der Waals surface area contributed by atoms with Gasteiger partial charge in [0.1, 0.15) is 0 Å². The summed E-state index contributed by atoms with van der Waals surface area (Å²) < 4.78 is 0. The van der Waals surface area contributed by atoms with E-state index in [1.165, 1.54) is 37.1 Å². The van der Waals surface area contributed by atoms with E-state index in [1.54, 1.807) is 0 Å². The van der Waals surface area contributed by atoms with Gasteiger partial charge in [0.25, 0.3) is 0 Å². The zero-order chi connectivity index (χ0) is 19.8. The minimum atomic E-state index is -0.121. The summed E-state index contributed by atoms with van der Waals surface area (Å²) in [5.74, 6) is 1.71. The summed E-state index contributed by atoms with van der Waals surface area (Å²) in [7, 11) is 0. The smallest absolute Gasteiger partial charge is 0.191 e. The van der Waals surface area contributed by atoms with Crippen molar-refractivity contribution in [1.82, 2.24) is 15.5 Å². The van der Waals surface area contributed by atoms with Crippen LogP contribution in [0.25, 0.3) is 0 Å². The lowest BCUT2D eigenvalue weighted by Crippen LogP contribution is -2.45. The number of nitrogens with zero attached hydrogens (tertiary/aromatic N) is 2. The van der Waals surface area contributed by atoms with Crippen LogP contribution in [0.5, 0.6) is 0 Å². The van der Waals surface area contributed by atoms with Crippen molar-refractivity contribution in [2.75, 3.05) is 19.6 Å². The Morgan fingerprint density at radius 2 is 1.82 bits per heavy atom. The Balaban J connectivity index is 1.50. The van der Waals surface area contributed by atoms with Gasteiger partial charge in [-0.1, -0.05) is 31.2 Å². The molecule has 0 spiro atoms. The molecule has 28 heavy (non-hydrogen) atoms. The third-order valence-corrected chi connectivity index (χ3v) is 5.97. The average molecular weight is 387 g/mol. The van der Waals surface area contributed by atoms with Crippen molar-refractivity contribution in [2.24, 2.45) is 10.9 Å². The maximum absolute atomic E-state index is 9.68. The van der Waals surface area contributed by atoms with Gasteiger partial charge in [-0.3, -0.25) is 4.90 Å². The SMILES string of the molecule is CCNC(=NCc1ccc(CN2CCCC(C)C2)cc1)NC1CCC(O)CC1. The molecule has 1 saturated carbocycles. The molecule has 2 aliphatic rings. The lowest BCUT2D eigenvalue weighted by atomic mass is 9.93. The Kier molecular flexibility index (Phi) is 8.16. The van der Waals surface area contributed by atoms with Gasteiger partial charge in [-0.25, -0.2) is 4.99 Å². The van der Waals surface area contributed by atoms with Gasteiger partial charge in [-0.2, -0.15) is 0 Å². The summed E-state index contributed by atoms with van der Waals surface area (Å²) in [6.45, 7) is 9.51. The molecule has 1 aliphatic heterocycles. The average Bonchev–Trinajstić information content (AvgIpc) is 2.69. The number of aliphatic hydroxyl groups excluding tert-OH is 1. The highest BCUT2D eigenvalue weighted by molar-refractivity contribution is 5.80. The molecule has 1 atom stereocenters. The van der Waals surface area contributed by atoms with E-state index in [4.69, 9.17) is 4.99 Å². The van der Waals surface area contributed by atoms with E-state index in [-0.39, 0.29) is 6.10 Å². The van der Waals surface area contributed by atoms with Crippen LogP contribution in [0.15, 0.2) is 29.3 Å². The summed E-state index contributed by atoms with van der Waals surface area (Å²) in [6.07, 6.45) is 6.36. The Morgan fingerprint density at radius 1 is 1.11 bits per heavy atom. The Morgan fingerprint density at radius 3 is 2.50 bits per heavy atom. The summed E-state index contributed by atoms with van der Waals surface area (Å²) in [4.78, 5) is 7.35. The number of nitrogens with one attached hydrogen (secondary N) is 2. The van der Waals surface area contributed by atoms with Crippen molar-refractivity contribution in [2.45, 2.75) is 77.6 Å². The molecular weight excluding hydrogens is 348 g/mol. The zero-order valence-corrected chi connectivity index (χ0v) is 17.7. The second-order valence-electron chi connectivity index (χ2n) is 8.64. The topological polar surface area (TPSA) is 59.9 Å². The van der Waals surface area contributed by atoms with E-state index in [2.05, 4.69) is 53.6 Å². The highest BCUT2D eigenvalue weighted by atomic mass is 16.3. The molecule has 1 aliphatic carbocycles. The first-order valence-electron chi connectivity index (χ1n) is 11.2. The van der Waals surface area contributed by atoms with Crippen molar-refractivity contribution in [3.05, 3.63) is 35.4 Å². The lowest BCUT2D eigenvalue weighted by molar-refractivity contribution is 0.120. The zero-order valence-electron chi connectivity index (χ0n) is 17.7. The maximum Gasteiger partial charge on any atom is 0.191 e. The summed E-state index contributed by atoms with van der Waals surface area (Å²) in [5, 5.41) is 16.6. The van der Waals surface area contributed by atoms with Gasteiger partial charge in [-0.15, -0.1) is 0 Å². The number of guanidine groups is 1. The van der Waals surface area contributed by atoms with Crippen molar-refractivity contribution < 1.29 is 5.11 Å². The van der Waals surface area contributed by atoms with Gasteiger partial charge >= 0.3 is 0 Å². The molecule has 1 aromatic rings. The first kappa shape index (κ1) is 21.1. The number of benzene rings is 1. The quantitative estimate of drug-likeness (QED) is 0.519. The van der Waals surface area contributed by atoms with Gasteiger partial charge < -0.3 is 15.7 Å². The second-order valence-corrected chi connectivity index (χ2v) is 8.64. The highest BCUT2D eigenvalue weighted by Crippen LogP contribution is 2.19. The van der Waals surface area contributed by atoms with Crippen molar-refractivity contribution >= 4 is 5.96 Å². The van der Waals surface area contributed by atoms with E-state index in [9.17, 15) is 5.11 Å². The molecule has 0 radical (unpaired) electrons. The molecule has 0 amide bonds. The number of aliphatic imine (C=N–C) groups is 1. The van der Waals surface area contributed by atoms with Crippen LogP contribution in [-0.2, 0) is 13.1 Å². The third-order valence-electron chi connectivity index (χ3n) is 5.97. The molecule has 3 rings (SSSR count). The molecule has 0 bridgehead atoms. The maximum atomic E-state index is 9.68. The molecule has 5 nitrogen and oxygen atoms in total. The molecular formula is C23H38N4O. The van der Waals surface area contributed by atoms with Gasteiger partial charge in [0.15, 0.2) is 5.96 Å². The van der Waals surface area contributed by atoms with Crippen molar-refractivity contribution in [3.63, 3.8) is 0 Å². The largest absolute Gasteiger partial charge is 0.393 e. The number of rotatable bonds is 6. The van der Waals surface area contributed by atoms with Crippen LogP contribution in [0, 0.1) is 5.92 Å².